The van der Waals surface area contributed by atoms with Crippen LogP contribution in [0.2, 0.25) is 0 Å². The van der Waals surface area contributed by atoms with Crippen molar-refractivity contribution in [2.45, 2.75) is 17.7 Å². The molecule has 0 atom stereocenters. The van der Waals surface area contributed by atoms with E-state index in [-0.39, 0.29) is 11.9 Å². The summed E-state index contributed by atoms with van der Waals surface area (Å²) >= 11 is 3.68. The van der Waals surface area contributed by atoms with Crippen LogP contribution in [-0.4, -0.2) is 53.7 Å². The van der Waals surface area contributed by atoms with Gasteiger partial charge in [0.25, 0.3) is 0 Å². The summed E-state index contributed by atoms with van der Waals surface area (Å²) in [6, 6.07) is 17.5. The molecule has 1 heterocycles. The highest BCUT2D eigenvalue weighted by molar-refractivity contribution is 7.99. The standard InChI is InChI=1S/C22H27N3O2S2/c26-21(25-12-15-28-16-13-25)17-18-7-9-19(10-8-18)24-22(27)23-11-4-14-29-20-5-2-1-3-6-20/h1-3,5-10H,4,11-17H2,(H2,23,24,27). The Bertz CT molecular complexity index is 778. The number of anilines is 1. The van der Waals surface area contributed by atoms with Crippen LogP contribution in [0.4, 0.5) is 10.5 Å². The molecule has 1 aliphatic heterocycles. The minimum atomic E-state index is -0.204. The second kappa shape index (κ2) is 11.8. The Labute approximate surface area is 181 Å². The lowest BCUT2D eigenvalue weighted by Crippen LogP contribution is -2.38. The van der Waals surface area contributed by atoms with E-state index in [4.69, 9.17) is 0 Å². The molecule has 0 spiro atoms. The van der Waals surface area contributed by atoms with E-state index in [2.05, 4.69) is 22.8 Å². The van der Waals surface area contributed by atoms with Gasteiger partial charge in [-0.05, 0) is 42.0 Å². The van der Waals surface area contributed by atoms with Gasteiger partial charge in [-0.1, -0.05) is 30.3 Å². The van der Waals surface area contributed by atoms with Crippen LogP contribution in [0.3, 0.4) is 0 Å². The van der Waals surface area contributed by atoms with Crippen LogP contribution in [0.5, 0.6) is 0 Å². The molecule has 0 bridgehead atoms. The lowest BCUT2D eigenvalue weighted by Gasteiger charge is -2.26. The SMILES string of the molecule is O=C(NCCCSc1ccccc1)Nc1ccc(CC(=O)N2CCSCC2)cc1. The van der Waals surface area contributed by atoms with Gasteiger partial charge in [-0.25, -0.2) is 4.79 Å². The van der Waals surface area contributed by atoms with Crippen molar-refractivity contribution in [3.8, 4) is 0 Å². The number of amides is 3. The van der Waals surface area contributed by atoms with E-state index in [0.29, 0.717) is 13.0 Å². The Morgan fingerprint density at radius 2 is 1.72 bits per heavy atom. The summed E-state index contributed by atoms with van der Waals surface area (Å²) in [5.41, 5.74) is 1.70. The number of urea groups is 1. The molecule has 3 amide bonds. The second-order valence-corrected chi connectivity index (χ2v) is 9.16. The van der Waals surface area contributed by atoms with Gasteiger partial charge in [0.05, 0.1) is 6.42 Å². The summed E-state index contributed by atoms with van der Waals surface area (Å²) in [6.07, 6.45) is 1.32. The van der Waals surface area contributed by atoms with E-state index in [1.165, 1.54) is 4.90 Å². The molecule has 2 aromatic carbocycles. The summed E-state index contributed by atoms with van der Waals surface area (Å²) in [4.78, 5) is 27.5. The van der Waals surface area contributed by atoms with E-state index >= 15 is 0 Å². The van der Waals surface area contributed by atoms with Gasteiger partial charge in [-0.15, -0.1) is 11.8 Å². The first kappa shape index (κ1) is 21.6. The molecule has 0 aliphatic carbocycles. The summed E-state index contributed by atoms with van der Waals surface area (Å²) in [5, 5.41) is 5.72. The van der Waals surface area contributed by atoms with Crippen LogP contribution in [0.15, 0.2) is 59.5 Å². The zero-order valence-corrected chi connectivity index (χ0v) is 18.1. The van der Waals surface area contributed by atoms with Crippen LogP contribution in [0, 0.1) is 0 Å². The van der Waals surface area contributed by atoms with Gasteiger partial charge in [0.2, 0.25) is 5.91 Å². The lowest BCUT2D eigenvalue weighted by atomic mass is 10.1. The number of hydrogen-bond acceptors (Lipinski definition) is 4. The van der Waals surface area contributed by atoms with Crippen molar-refractivity contribution in [3.05, 3.63) is 60.2 Å². The van der Waals surface area contributed by atoms with E-state index in [1.54, 1.807) is 11.8 Å². The summed E-state index contributed by atoms with van der Waals surface area (Å²) in [6.45, 7) is 2.31. The monoisotopic (exact) mass is 429 g/mol. The Morgan fingerprint density at radius 3 is 2.45 bits per heavy atom. The van der Waals surface area contributed by atoms with Crippen LogP contribution in [0.25, 0.3) is 0 Å². The number of carbonyl (C=O) groups is 2. The van der Waals surface area contributed by atoms with Gasteiger partial charge in [-0.3, -0.25) is 4.79 Å². The average Bonchev–Trinajstić information content (AvgIpc) is 2.76. The van der Waals surface area contributed by atoms with Crippen LogP contribution in [-0.2, 0) is 11.2 Å². The number of carbonyl (C=O) groups excluding carboxylic acids is 2. The average molecular weight is 430 g/mol. The molecule has 3 rings (SSSR count). The highest BCUT2D eigenvalue weighted by atomic mass is 32.2. The smallest absolute Gasteiger partial charge is 0.319 e. The number of nitrogens with zero attached hydrogens (tertiary/aromatic N) is 1. The minimum Gasteiger partial charge on any atom is -0.341 e. The Kier molecular flexibility index (Phi) is 8.77. The van der Waals surface area contributed by atoms with Gasteiger partial charge in [0, 0.05) is 41.7 Å². The van der Waals surface area contributed by atoms with E-state index in [0.717, 1.165) is 48.0 Å². The normalized spacial score (nSPS) is 13.7. The predicted octanol–water partition coefficient (Wildman–Crippen LogP) is 4.11. The summed E-state index contributed by atoms with van der Waals surface area (Å²) < 4.78 is 0. The first-order valence-electron chi connectivity index (χ1n) is 9.88. The van der Waals surface area contributed by atoms with Gasteiger partial charge >= 0.3 is 6.03 Å². The quantitative estimate of drug-likeness (QED) is 0.490. The third-order valence-corrected chi connectivity index (χ3v) is 6.59. The van der Waals surface area contributed by atoms with Gasteiger partial charge in [-0.2, -0.15) is 11.8 Å². The molecule has 0 radical (unpaired) electrons. The van der Waals surface area contributed by atoms with Crippen molar-refractivity contribution in [2.24, 2.45) is 0 Å². The predicted molar refractivity (Wildman–Crippen MR) is 123 cm³/mol. The fourth-order valence-corrected chi connectivity index (χ4v) is 4.74. The van der Waals surface area contributed by atoms with Crippen molar-refractivity contribution < 1.29 is 9.59 Å². The molecule has 29 heavy (non-hydrogen) atoms. The van der Waals surface area contributed by atoms with Gasteiger partial charge < -0.3 is 15.5 Å². The fraction of sp³-hybridized carbons (Fsp3) is 0.364. The Hall–Kier alpha value is -2.12. The molecular weight excluding hydrogens is 402 g/mol. The zero-order valence-electron chi connectivity index (χ0n) is 16.4. The van der Waals surface area contributed by atoms with Crippen molar-refractivity contribution in [2.75, 3.05) is 42.2 Å². The zero-order chi connectivity index (χ0) is 20.3. The van der Waals surface area contributed by atoms with Crippen molar-refractivity contribution >= 4 is 41.1 Å². The summed E-state index contributed by atoms with van der Waals surface area (Å²) in [5.74, 6) is 3.18. The Balaban J connectivity index is 1.33. The van der Waals surface area contributed by atoms with Crippen LogP contribution in [0.1, 0.15) is 12.0 Å². The molecular formula is C22H27N3O2S2. The minimum absolute atomic E-state index is 0.178. The van der Waals surface area contributed by atoms with E-state index < -0.39 is 0 Å². The third kappa shape index (κ3) is 7.66. The molecule has 0 aromatic heterocycles. The molecule has 5 nitrogen and oxygen atoms in total. The molecule has 0 unspecified atom stereocenters. The first-order chi connectivity index (χ1) is 14.2. The number of nitrogens with one attached hydrogen (secondary N) is 2. The number of hydrogen-bond donors (Lipinski definition) is 2. The molecule has 7 heteroatoms. The number of benzene rings is 2. The maximum absolute atomic E-state index is 12.3. The molecule has 2 aromatic rings. The largest absolute Gasteiger partial charge is 0.341 e. The van der Waals surface area contributed by atoms with E-state index in [1.807, 2.05) is 59.1 Å². The van der Waals surface area contributed by atoms with Crippen molar-refractivity contribution in [1.82, 2.24) is 10.2 Å². The maximum atomic E-state index is 12.3. The Morgan fingerprint density at radius 1 is 1.00 bits per heavy atom. The highest BCUT2D eigenvalue weighted by Gasteiger charge is 2.16. The van der Waals surface area contributed by atoms with Crippen LogP contribution < -0.4 is 10.6 Å². The maximum Gasteiger partial charge on any atom is 0.319 e. The molecule has 1 saturated heterocycles. The van der Waals surface area contributed by atoms with Crippen molar-refractivity contribution in [1.29, 1.82) is 0 Å². The first-order valence-corrected chi connectivity index (χ1v) is 12.0. The molecule has 2 N–H and O–H groups in total. The second-order valence-electron chi connectivity index (χ2n) is 6.76. The fourth-order valence-electron chi connectivity index (χ4n) is 2.96. The van der Waals surface area contributed by atoms with Gasteiger partial charge in [0.15, 0.2) is 0 Å². The van der Waals surface area contributed by atoms with Crippen molar-refractivity contribution in [3.63, 3.8) is 0 Å². The molecule has 154 valence electrons. The van der Waals surface area contributed by atoms with Gasteiger partial charge in [0.1, 0.15) is 0 Å². The lowest BCUT2D eigenvalue weighted by molar-refractivity contribution is -0.130. The number of rotatable bonds is 8. The number of thioether (sulfide) groups is 2. The summed E-state index contributed by atoms with van der Waals surface area (Å²) in [7, 11) is 0. The van der Waals surface area contributed by atoms with Crippen LogP contribution >= 0.6 is 23.5 Å². The molecule has 1 fully saturated rings. The van der Waals surface area contributed by atoms with E-state index in [9.17, 15) is 9.59 Å². The molecule has 0 saturated carbocycles. The highest BCUT2D eigenvalue weighted by Crippen LogP contribution is 2.17. The third-order valence-electron chi connectivity index (χ3n) is 4.55. The topological polar surface area (TPSA) is 61.4 Å². The molecule has 1 aliphatic rings.